The van der Waals surface area contributed by atoms with Gasteiger partial charge in [0, 0.05) is 24.1 Å². The van der Waals surface area contributed by atoms with Crippen molar-refractivity contribution in [1.29, 1.82) is 0 Å². The number of nitrogens with zero attached hydrogens (tertiary/aromatic N) is 1. The van der Waals surface area contributed by atoms with Gasteiger partial charge in [-0.3, -0.25) is 4.99 Å². The Morgan fingerprint density at radius 3 is 2.26 bits per heavy atom. The summed E-state index contributed by atoms with van der Waals surface area (Å²) < 4.78 is 1.10. The van der Waals surface area contributed by atoms with E-state index in [9.17, 15) is 0 Å². The molecule has 0 aliphatic heterocycles. The van der Waals surface area contributed by atoms with Crippen molar-refractivity contribution in [1.82, 2.24) is 10.6 Å². The molecule has 0 aliphatic rings. The van der Waals surface area contributed by atoms with Crippen LogP contribution in [0.1, 0.15) is 26.3 Å². The van der Waals surface area contributed by atoms with E-state index in [0.29, 0.717) is 12.0 Å². The van der Waals surface area contributed by atoms with Gasteiger partial charge in [-0.1, -0.05) is 41.9 Å². The average Bonchev–Trinajstić information content (AvgIpc) is 2.35. The van der Waals surface area contributed by atoms with Gasteiger partial charge in [0.1, 0.15) is 0 Å². The van der Waals surface area contributed by atoms with Crippen molar-refractivity contribution in [3.05, 3.63) is 34.3 Å². The quantitative estimate of drug-likeness (QED) is 0.425. The molecule has 0 saturated heterocycles. The molecule has 108 valence electrons. The molecule has 1 aromatic rings. The molecule has 0 aliphatic carbocycles. The van der Waals surface area contributed by atoms with Crippen LogP contribution in [0.25, 0.3) is 0 Å². The summed E-state index contributed by atoms with van der Waals surface area (Å²) in [5, 5.41) is 6.69. The normalized spacial score (nSPS) is 12.8. The average molecular weight is 440 g/mol. The highest BCUT2D eigenvalue weighted by molar-refractivity contribution is 14.0. The predicted molar refractivity (Wildman–Crippen MR) is 97.2 cm³/mol. The van der Waals surface area contributed by atoms with Gasteiger partial charge in [-0.25, -0.2) is 0 Å². The number of hydrogen-bond donors (Lipinski definition) is 2. The first-order valence-corrected chi connectivity index (χ1v) is 7.04. The number of hydrogen-bond acceptors (Lipinski definition) is 1. The van der Waals surface area contributed by atoms with E-state index in [1.165, 1.54) is 5.56 Å². The Bertz CT molecular complexity index is 390. The minimum atomic E-state index is 0. The summed E-state index contributed by atoms with van der Waals surface area (Å²) in [5.41, 5.74) is 1.23. The lowest BCUT2D eigenvalue weighted by atomic mass is 10.1. The third-order valence-electron chi connectivity index (χ3n) is 2.96. The molecule has 19 heavy (non-hydrogen) atoms. The lowest BCUT2D eigenvalue weighted by molar-refractivity contribution is 0.481. The van der Waals surface area contributed by atoms with Gasteiger partial charge in [0.2, 0.25) is 0 Å². The van der Waals surface area contributed by atoms with Crippen LogP contribution >= 0.6 is 39.9 Å². The fraction of sp³-hybridized carbons (Fsp3) is 0.500. The lowest BCUT2D eigenvalue weighted by Crippen LogP contribution is -2.43. The van der Waals surface area contributed by atoms with Crippen LogP contribution in [0.3, 0.4) is 0 Å². The van der Waals surface area contributed by atoms with Crippen molar-refractivity contribution in [2.75, 3.05) is 7.05 Å². The zero-order valence-electron chi connectivity index (χ0n) is 11.9. The largest absolute Gasteiger partial charge is 0.354 e. The molecule has 0 amide bonds. The highest BCUT2D eigenvalue weighted by Crippen LogP contribution is 2.10. The molecule has 1 rings (SSSR count). The van der Waals surface area contributed by atoms with E-state index >= 15 is 0 Å². The third kappa shape index (κ3) is 7.15. The van der Waals surface area contributed by atoms with Gasteiger partial charge in [-0.05, 0) is 30.5 Å². The van der Waals surface area contributed by atoms with Gasteiger partial charge >= 0.3 is 0 Å². The van der Waals surface area contributed by atoms with Gasteiger partial charge in [0.05, 0.1) is 0 Å². The Hall–Kier alpha value is -0.300. The van der Waals surface area contributed by atoms with Gasteiger partial charge in [-0.15, -0.1) is 24.0 Å². The SMILES string of the molecule is CN=C(NCc1ccc(Br)cc1)NC(C)C(C)C.I. The maximum absolute atomic E-state index is 4.23. The van der Waals surface area contributed by atoms with E-state index in [-0.39, 0.29) is 24.0 Å². The van der Waals surface area contributed by atoms with Crippen LogP contribution in [-0.4, -0.2) is 19.0 Å². The molecule has 5 heteroatoms. The van der Waals surface area contributed by atoms with Crippen molar-refractivity contribution in [2.45, 2.75) is 33.4 Å². The maximum atomic E-state index is 4.23. The molecule has 3 nitrogen and oxygen atoms in total. The first kappa shape index (κ1) is 18.7. The second kappa shape index (κ2) is 9.58. The van der Waals surface area contributed by atoms with Crippen LogP contribution in [0.15, 0.2) is 33.7 Å². The van der Waals surface area contributed by atoms with Crippen LogP contribution in [0.5, 0.6) is 0 Å². The lowest BCUT2D eigenvalue weighted by Gasteiger charge is -2.20. The number of aliphatic imine (C=N–C) groups is 1. The summed E-state index contributed by atoms with van der Waals surface area (Å²) in [6.45, 7) is 7.33. The second-order valence-corrected chi connectivity index (χ2v) is 5.64. The first-order valence-electron chi connectivity index (χ1n) is 6.24. The molecule has 1 unspecified atom stereocenters. The monoisotopic (exact) mass is 439 g/mol. The Labute approximate surface area is 141 Å². The second-order valence-electron chi connectivity index (χ2n) is 4.73. The molecule has 2 N–H and O–H groups in total. The van der Waals surface area contributed by atoms with Crippen molar-refractivity contribution in [3.63, 3.8) is 0 Å². The fourth-order valence-corrected chi connectivity index (χ4v) is 1.63. The van der Waals surface area contributed by atoms with Crippen LogP contribution in [-0.2, 0) is 6.54 Å². The standard InChI is InChI=1S/C14H22BrN3.HI/c1-10(2)11(3)18-14(16-4)17-9-12-5-7-13(15)8-6-12;/h5-8,10-11H,9H2,1-4H3,(H2,16,17,18);1H. The summed E-state index contributed by atoms with van der Waals surface area (Å²) in [6.07, 6.45) is 0. The Morgan fingerprint density at radius 2 is 1.79 bits per heavy atom. The van der Waals surface area contributed by atoms with Crippen LogP contribution < -0.4 is 10.6 Å². The van der Waals surface area contributed by atoms with Crippen molar-refractivity contribution >= 4 is 45.9 Å². The van der Waals surface area contributed by atoms with Crippen LogP contribution in [0.2, 0.25) is 0 Å². The molecular formula is C14H23BrIN3. The minimum absolute atomic E-state index is 0. The molecule has 0 heterocycles. The van der Waals surface area contributed by atoms with Crippen LogP contribution in [0.4, 0.5) is 0 Å². The summed E-state index contributed by atoms with van der Waals surface area (Å²) in [6, 6.07) is 8.68. The van der Waals surface area contributed by atoms with Crippen molar-refractivity contribution in [3.8, 4) is 0 Å². The Morgan fingerprint density at radius 1 is 1.21 bits per heavy atom. The molecule has 0 spiro atoms. The molecular weight excluding hydrogens is 417 g/mol. The smallest absolute Gasteiger partial charge is 0.191 e. The zero-order chi connectivity index (χ0) is 13.5. The zero-order valence-corrected chi connectivity index (χ0v) is 15.8. The Kier molecular flexibility index (Phi) is 9.43. The number of nitrogens with one attached hydrogen (secondary N) is 2. The highest BCUT2D eigenvalue weighted by Gasteiger charge is 2.08. The maximum Gasteiger partial charge on any atom is 0.191 e. The molecule has 0 bridgehead atoms. The van der Waals surface area contributed by atoms with Crippen molar-refractivity contribution in [2.24, 2.45) is 10.9 Å². The summed E-state index contributed by atoms with van der Waals surface area (Å²) in [5.74, 6) is 1.43. The Balaban J connectivity index is 0.00000324. The highest BCUT2D eigenvalue weighted by atomic mass is 127. The molecule has 0 aromatic heterocycles. The van der Waals surface area contributed by atoms with E-state index in [1.54, 1.807) is 7.05 Å². The first-order chi connectivity index (χ1) is 8.52. The third-order valence-corrected chi connectivity index (χ3v) is 3.49. The van der Waals surface area contributed by atoms with E-state index in [1.807, 2.05) is 12.1 Å². The summed E-state index contributed by atoms with van der Waals surface area (Å²) >= 11 is 3.43. The number of benzene rings is 1. The summed E-state index contributed by atoms with van der Waals surface area (Å²) in [7, 11) is 1.80. The summed E-state index contributed by atoms with van der Waals surface area (Å²) in [4.78, 5) is 4.23. The molecule has 0 saturated carbocycles. The number of rotatable bonds is 4. The van der Waals surface area contributed by atoms with E-state index < -0.39 is 0 Å². The number of guanidine groups is 1. The molecule has 1 aromatic carbocycles. The topological polar surface area (TPSA) is 36.4 Å². The van der Waals surface area contributed by atoms with Crippen LogP contribution in [0, 0.1) is 5.92 Å². The van der Waals surface area contributed by atoms with E-state index in [4.69, 9.17) is 0 Å². The predicted octanol–water partition coefficient (Wildman–Crippen LogP) is 3.78. The molecule has 0 fully saturated rings. The fourth-order valence-electron chi connectivity index (χ4n) is 1.36. The van der Waals surface area contributed by atoms with Gasteiger partial charge in [-0.2, -0.15) is 0 Å². The molecule has 0 radical (unpaired) electrons. The van der Waals surface area contributed by atoms with E-state index in [0.717, 1.165) is 17.0 Å². The molecule has 1 atom stereocenters. The minimum Gasteiger partial charge on any atom is -0.354 e. The van der Waals surface area contributed by atoms with Gasteiger partial charge in [0.25, 0.3) is 0 Å². The van der Waals surface area contributed by atoms with Gasteiger partial charge in [0.15, 0.2) is 5.96 Å². The van der Waals surface area contributed by atoms with Crippen molar-refractivity contribution < 1.29 is 0 Å². The van der Waals surface area contributed by atoms with Gasteiger partial charge < -0.3 is 10.6 Å². The number of halogens is 2. The van der Waals surface area contributed by atoms with E-state index in [2.05, 4.69) is 64.5 Å².